The number of hydrogen-bond acceptors (Lipinski definition) is 6. The fourth-order valence-corrected chi connectivity index (χ4v) is 2.55. The summed E-state index contributed by atoms with van der Waals surface area (Å²) in [5, 5.41) is 7.78. The summed E-state index contributed by atoms with van der Waals surface area (Å²) < 4.78 is 25.1. The quantitative estimate of drug-likeness (QED) is 0.478. The van der Waals surface area contributed by atoms with Gasteiger partial charge < -0.3 is 9.15 Å². The first-order chi connectivity index (χ1) is 13.7. The van der Waals surface area contributed by atoms with E-state index in [0.717, 1.165) is 5.56 Å². The minimum Gasteiger partial charge on any atom is -0.454 e. The normalized spacial score (nSPS) is 10.8. The molecule has 4 aromatic rings. The Morgan fingerprint density at radius 1 is 1.11 bits per heavy atom. The summed E-state index contributed by atoms with van der Waals surface area (Å²) >= 11 is 0. The van der Waals surface area contributed by atoms with Crippen LogP contribution in [-0.4, -0.2) is 25.9 Å². The van der Waals surface area contributed by atoms with E-state index < -0.39 is 5.97 Å². The van der Waals surface area contributed by atoms with Gasteiger partial charge in [-0.2, -0.15) is 0 Å². The molecule has 0 bridgehead atoms. The van der Waals surface area contributed by atoms with Crippen molar-refractivity contribution < 1.29 is 18.3 Å². The van der Waals surface area contributed by atoms with Crippen LogP contribution in [0.1, 0.15) is 21.7 Å². The van der Waals surface area contributed by atoms with Crippen LogP contribution < -0.4 is 0 Å². The van der Waals surface area contributed by atoms with Crippen LogP contribution in [0.25, 0.3) is 11.5 Å². The smallest absolute Gasteiger partial charge is 0.360 e. The van der Waals surface area contributed by atoms with E-state index in [9.17, 15) is 9.18 Å². The molecule has 0 N–H and O–H groups in total. The Balaban J connectivity index is 1.35. The van der Waals surface area contributed by atoms with E-state index in [2.05, 4.69) is 15.3 Å². The van der Waals surface area contributed by atoms with E-state index in [4.69, 9.17) is 9.15 Å². The Morgan fingerprint density at radius 3 is 2.68 bits per heavy atom. The monoisotopic (exact) mass is 378 g/mol. The highest BCUT2D eigenvalue weighted by atomic mass is 19.1. The molecule has 0 aliphatic rings. The largest absolute Gasteiger partial charge is 0.454 e. The van der Waals surface area contributed by atoms with Gasteiger partial charge in [0.05, 0.1) is 12.7 Å². The third kappa shape index (κ3) is 4.12. The molecule has 0 saturated heterocycles. The molecular weight excluding hydrogens is 363 g/mol. The number of benzene rings is 2. The summed E-state index contributed by atoms with van der Waals surface area (Å²) in [7, 11) is 0. The van der Waals surface area contributed by atoms with Crippen molar-refractivity contribution in [1.29, 1.82) is 0 Å². The highest BCUT2D eigenvalue weighted by Crippen LogP contribution is 2.19. The predicted octanol–water partition coefficient (Wildman–Crippen LogP) is 3.48. The summed E-state index contributed by atoms with van der Waals surface area (Å²) in [6.07, 6.45) is 2.92. The molecule has 2 aromatic carbocycles. The van der Waals surface area contributed by atoms with Gasteiger partial charge in [-0.05, 0) is 29.8 Å². The van der Waals surface area contributed by atoms with Gasteiger partial charge in [0.1, 0.15) is 24.4 Å². The number of carbonyl (C=O) groups is 1. The van der Waals surface area contributed by atoms with Gasteiger partial charge in [-0.1, -0.05) is 35.5 Å². The average molecular weight is 378 g/mol. The van der Waals surface area contributed by atoms with Crippen LogP contribution in [0.15, 0.2) is 71.5 Å². The minimum absolute atomic E-state index is 0.0743. The summed E-state index contributed by atoms with van der Waals surface area (Å²) in [6.45, 7) is 0.431. The SMILES string of the molecule is O=C(OCc1coc(-c2ccc(F)cc2)n1)c1cn(Cc2ccccc2)nn1. The number of hydrogen-bond donors (Lipinski definition) is 0. The van der Waals surface area contributed by atoms with Gasteiger partial charge in [-0.25, -0.2) is 18.9 Å². The number of nitrogens with zero attached hydrogens (tertiary/aromatic N) is 4. The highest BCUT2D eigenvalue weighted by molar-refractivity contribution is 5.86. The fourth-order valence-electron chi connectivity index (χ4n) is 2.55. The Bertz CT molecular complexity index is 1070. The first-order valence-corrected chi connectivity index (χ1v) is 8.49. The fraction of sp³-hybridized carbons (Fsp3) is 0.100. The van der Waals surface area contributed by atoms with Gasteiger partial charge >= 0.3 is 5.97 Å². The topological polar surface area (TPSA) is 83.0 Å². The molecule has 0 unspecified atom stereocenters. The van der Waals surface area contributed by atoms with Crippen molar-refractivity contribution >= 4 is 5.97 Å². The van der Waals surface area contributed by atoms with Gasteiger partial charge in [0.15, 0.2) is 5.69 Å². The molecule has 0 amide bonds. The van der Waals surface area contributed by atoms with Crippen LogP contribution in [0, 0.1) is 5.82 Å². The molecule has 0 atom stereocenters. The van der Waals surface area contributed by atoms with E-state index >= 15 is 0 Å². The third-order valence-corrected chi connectivity index (χ3v) is 3.93. The lowest BCUT2D eigenvalue weighted by Crippen LogP contribution is -2.06. The Kier molecular flexibility index (Phi) is 4.92. The molecule has 8 heteroatoms. The van der Waals surface area contributed by atoms with Crippen LogP contribution in [0.4, 0.5) is 4.39 Å². The maximum atomic E-state index is 13.0. The molecule has 140 valence electrons. The van der Waals surface area contributed by atoms with Crippen molar-refractivity contribution in [2.75, 3.05) is 0 Å². The van der Waals surface area contributed by atoms with E-state index in [1.807, 2.05) is 30.3 Å². The standard InChI is InChI=1S/C20H15FN4O3/c21-16-8-6-15(7-9-16)19-22-17(12-27-19)13-28-20(26)18-11-25(24-23-18)10-14-4-2-1-3-5-14/h1-9,11-12H,10,13H2. The summed E-state index contributed by atoms with van der Waals surface area (Å²) in [6, 6.07) is 15.5. The molecule has 0 spiro atoms. The first kappa shape index (κ1) is 17.6. The van der Waals surface area contributed by atoms with E-state index in [1.54, 1.807) is 16.8 Å². The van der Waals surface area contributed by atoms with Crippen molar-refractivity contribution in [1.82, 2.24) is 20.0 Å². The number of halogens is 1. The molecule has 28 heavy (non-hydrogen) atoms. The number of esters is 1. The number of ether oxygens (including phenoxy) is 1. The number of aromatic nitrogens is 4. The van der Waals surface area contributed by atoms with E-state index in [-0.39, 0.29) is 18.1 Å². The highest BCUT2D eigenvalue weighted by Gasteiger charge is 2.14. The third-order valence-electron chi connectivity index (χ3n) is 3.93. The van der Waals surface area contributed by atoms with Crippen LogP contribution >= 0.6 is 0 Å². The second-order valence-corrected chi connectivity index (χ2v) is 6.01. The predicted molar refractivity (Wildman–Crippen MR) is 96.6 cm³/mol. The first-order valence-electron chi connectivity index (χ1n) is 8.49. The number of rotatable bonds is 6. The summed E-state index contributed by atoms with van der Waals surface area (Å²) in [4.78, 5) is 16.4. The zero-order valence-corrected chi connectivity index (χ0v) is 14.7. The molecule has 2 heterocycles. The minimum atomic E-state index is -0.606. The molecule has 0 fully saturated rings. The lowest BCUT2D eigenvalue weighted by atomic mass is 10.2. The van der Waals surface area contributed by atoms with Crippen LogP contribution in [0.3, 0.4) is 0 Å². The second-order valence-electron chi connectivity index (χ2n) is 6.01. The maximum absolute atomic E-state index is 13.0. The molecule has 0 saturated carbocycles. The van der Waals surface area contributed by atoms with Crippen LogP contribution in [0.5, 0.6) is 0 Å². The van der Waals surface area contributed by atoms with Gasteiger partial charge in [-0.3, -0.25) is 0 Å². The Hall–Kier alpha value is -3.81. The summed E-state index contributed by atoms with van der Waals surface area (Å²) in [5.41, 5.74) is 2.22. The second kappa shape index (κ2) is 7.83. The van der Waals surface area contributed by atoms with Crippen molar-refractivity contribution in [3.63, 3.8) is 0 Å². The van der Waals surface area contributed by atoms with Crippen molar-refractivity contribution in [3.05, 3.63) is 89.8 Å². The lowest BCUT2D eigenvalue weighted by molar-refractivity contribution is 0.0460. The average Bonchev–Trinajstić information content (AvgIpc) is 3.37. The molecule has 0 aliphatic heterocycles. The molecule has 0 aliphatic carbocycles. The van der Waals surface area contributed by atoms with Gasteiger partial charge in [0.25, 0.3) is 0 Å². The molecule has 2 aromatic heterocycles. The maximum Gasteiger partial charge on any atom is 0.360 e. The van der Waals surface area contributed by atoms with Gasteiger partial charge in [0.2, 0.25) is 5.89 Å². The van der Waals surface area contributed by atoms with Gasteiger partial charge in [0, 0.05) is 5.56 Å². The number of oxazole rings is 1. The van der Waals surface area contributed by atoms with Crippen molar-refractivity contribution in [2.45, 2.75) is 13.2 Å². The zero-order chi connectivity index (χ0) is 19.3. The molecule has 4 rings (SSSR count). The zero-order valence-electron chi connectivity index (χ0n) is 14.7. The van der Waals surface area contributed by atoms with Crippen LogP contribution in [-0.2, 0) is 17.9 Å². The van der Waals surface area contributed by atoms with Crippen molar-refractivity contribution in [2.24, 2.45) is 0 Å². The lowest BCUT2D eigenvalue weighted by Gasteiger charge is -2.00. The summed E-state index contributed by atoms with van der Waals surface area (Å²) in [5.74, 6) is -0.629. The Morgan fingerprint density at radius 2 is 1.89 bits per heavy atom. The van der Waals surface area contributed by atoms with Gasteiger partial charge in [-0.15, -0.1) is 5.10 Å². The Labute approximate surface area is 159 Å². The van der Waals surface area contributed by atoms with Crippen LogP contribution in [0.2, 0.25) is 0 Å². The number of carbonyl (C=O) groups excluding carboxylic acids is 1. The molecular formula is C20H15FN4O3. The van der Waals surface area contributed by atoms with E-state index in [0.29, 0.717) is 23.7 Å². The molecule has 7 nitrogen and oxygen atoms in total. The molecule has 0 radical (unpaired) electrons. The van der Waals surface area contributed by atoms with E-state index in [1.165, 1.54) is 24.6 Å². The van der Waals surface area contributed by atoms with Crippen molar-refractivity contribution in [3.8, 4) is 11.5 Å².